The van der Waals surface area contributed by atoms with E-state index in [-0.39, 0.29) is 17.3 Å². The van der Waals surface area contributed by atoms with Crippen molar-refractivity contribution in [2.45, 2.75) is 18.0 Å². The highest BCUT2D eigenvalue weighted by Gasteiger charge is 2.22. The van der Waals surface area contributed by atoms with Crippen molar-refractivity contribution in [3.63, 3.8) is 0 Å². The number of alkyl halides is 1. The van der Waals surface area contributed by atoms with E-state index >= 15 is 0 Å². The molecule has 114 valence electrons. The monoisotopic (exact) mass is 331 g/mol. The minimum atomic E-state index is -3.63. The van der Waals surface area contributed by atoms with Gasteiger partial charge in [0.05, 0.1) is 12.7 Å². The molecule has 0 radical (unpaired) electrons. The number of benzene rings is 1. The van der Waals surface area contributed by atoms with Crippen LogP contribution in [0.2, 0.25) is 0 Å². The Labute approximate surface area is 128 Å². The molecule has 0 unspecified atom stereocenters. The third-order valence-corrected chi connectivity index (χ3v) is 4.88. The Morgan fingerprint density at radius 1 is 1.33 bits per heavy atom. The van der Waals surface area contributed by atoms with Crippen molar-refractivity contribution in [1.82, 2.24) is 14.1 Å². The van der Waals surface area contributed by atoms with Crippen molar-refractivity contribution in [1.29, 1.82) is 0 Å². The summed E-state index contributed by atoms with van der Waals surface area (Å²) in [7, 11) is -2.16. The molecule has 0 saturated heterocycles. The van der Waals surface area contributed by atoms with Gasteiger partial charge in [-0.2, -0.15) is 9.40 Å². The molecule has 8 heteroatoms. The van der Waals surface area contributed by atoms with Crippen LogP contribution in [0.3, 0.4) is 0 Å². The van der Waals surface area contributed by atoms with Crippen LogP contribution >= 0.6 is 11.6 Å². The van der Waals surface area contributed by atoms with Gasteiger partial charge in [0, 0.05) is 25.7 Å². The summed E-state index contributed by atoms with van der Waals surface area (Å²) in [5.41, 5.74) is 0.704. The first kappa shape index (κ1) is 15.9. The molecular weight excluding hydrogens is 317 g/mol. The van der Waals surface area contributed by atoms with Gasteiger partial charge < -0.3 is 0 Å². The molecule has 2 aromatic rings. The third-order valence-electron chi connectivity index (χ3n) is 2.95. The Kier molecular flexibility index (Phi) is 4.97. The maximum atomic E-state index is 12.8. The van der Waals surface area contributed by atoms with Crippen molar-refractivity contribution < 1.29 is 12.8 Å². The van der Waals surface area contributed by atoms with E-state index in [4.69, 9.17) is 11.6 Å². The first-order valence-corrected chi connectivity index (χ1v) is 8.20. The fourth-order valence-electron chi connectivity index (χ4n) is 1.80. The SMILES string of the molecule is CN(Cc1ccc(F)cc1)S(=O)(=O)c1cnn(CCCl)c1. The lowest BCUT2D eigenvalue weighted by Gasteiger charge is -2.16. The molecule has 0 spiro atoms. The second-order valence-corrected chi connectivity index (χ2v) is 6.94. The number of hydrogen-bond donors (Lipinski definition) is 0. The Morgan fingerprint density at radius 3 is 2.62 bits per heavy atom. The highest BCUT2D eigenvalue weighted by atomic mass is 35.5. The van der Waals surface area contributed by atoms with Gasteiger partial charge in [-0.1, -0.05) is 12.1 Å². The van der Waals surface area contributed by atoms with Gasteiger partial charge in [0.15, 0.2) is 0 Å². The summed E-state index contributed by atoms with van der Waals surface area (Å²) in [6.07, 6.45) is 2.74. The molecule has 0 aliphatic heterocycles. The Morgan fingerprint density at radius 2 is 2.00 bits per heavy atom. The molecule has 1 heterocycles. The van der Waals surface area contributed by atoms with Crippen molar-refractivity contribution in [2.24, 2.45) is 0 Å². The average molecular weight is 332 g/mol. The summed E-state index contributed by atoms with van der Waals surface area (Å²) in [6.45, 7) is 0.599. The Balaban J connectivity index is 2.15. The van der Waals surface area contributed by atoms with Crippen LogP contribution in [0.15, 0.2) is 41.6 Å². The van der Waals surface area contributed by atoms with Crippen LogP contribution < -0.4 is 0 Å². The van der Waals surface area contributed by atoms with E-state index in [0.29, 0.717) is 18.0 Å². The summed E-state index contributed by atoms with van der Waals surface area (Å²) < 4.78 is 40.3. The lowest BCUT2D eigenvalue weighted by atomic mass is 10.2. The average Bonchev–Trinajstić information content (AvgIpc) is 2.91. The standard InChI is InChI=1S/C13H15ClFN3O2S/c1-17(9-11-2-4-12(15)5-3-11)21(19,20)13-8-16-18(10-13)7-6-14/h2-5,8,10H,6-7,9H2,1H3. The zero-order valence-electron chi connectivity index (χ0n) is 11.4. The van der Waals surface area contributed by atoms with Crippen molar-refractivity contribution >= 4 is 21.6 Å². The van der Waals surface area contributed by atoms with Gasteiger partial charge in [0.1, 0.15) is 10.7 Å². The Bertz CT molecular complexity index is 700. The van der Waals surface area contributed by atoms with Gasteiger partial charge in [-0.25, -0.2) is 12.8 Å². The molecule has 5 nitrogen and oxygen atoms in total. The van der Waals surface area contributed by atoms with Gasteiger partial charge in [-0.3, -0.25) is 4.68 Å². The largest absolute Gasteiger partial charge is 0.270 e. The van der Waals surface area contributed by atoms with E-state index in [2.05, 4.69) is 5.10 Å². The van der Waals surface area contributed by atoms with E-state index in [1.54, 1.807) is 12.1 Å². The third kappa shape index (κ3) is 3.81. The van der Waals surface area contributed by atoms with Crippen LogP contribution in [0, 0.1) is 5.82 Å². The number of aromatic nitrogens is 2. The van der Waals surface area contributed by atoms with Crippen molar-refractivity contribution in [3.8, 4) is 0 Å². The van der Waals surface area contributed by atoms with Gasteiger partial charge in [0.2, 0.25) is 10.0 Å². The van der Waals surface area contributed by atoms with Crippen LogP contribution in [-0.4, -0.2) is 35.4 Å². The van der Waals surface area contributed by atoms with Crippen molar-refractivity contribution in [2.75, 3.05) is 12.9 Å². The highest BCUT2D eigenvalue weighted by Crippen LogP contribution is 2.16. The van der Waals surface area contributed by atoms with Crippen LogP contribution in [0.1, 0.15) is 5.56 Å². The predicted molar refractivity (Wildman–Crippen MR) is 78.0 cm³/mol. The minimum absolute atomic E-state index is 0.109. The maximum Gasteiger partial charge on any atom is 0.246 e. The first-order valence-electron chi connectivity index (χ1n) is 6.22. The molecule has 0 atom stereocenters. The number of sulfonamides is 1. The molecule has 0 aliphatic rings. The number of rotatable bonds is 6. The van der Waals surface area contributed by atoms with Gasteiger partial charge in [-0.05, 0) is 17.7 Å². The fraction of sp³-hybridized carbons (Fsp3) is 0.308. The topological polar surface area (TPSA) is 55.2 Å². The molecule has 0 saturated carbocycles. The summed E-state index contributed by atoms with van der Waals surface area (Å²) >= 11 is 5.59. The molecular formula is C13H15ClFN3O2S. The molecule has 1 aromatic heterocycles. The number of nitrogens with zero attached hydrogens (tertiary/aromatic N) is 3. The fourth-order valence-corrected chi connectivity index (χ4v) is 3.09. The predicted octanol–water partition coefficient (Wildman–Crippen LogP) is 2.08. The van der Waals surface area contributed by atoms with E-state index in [0.717, 1.165) is 0 Å². The first-order chi connectivity index (χ1) is 9.93. The van der Waals surface area contributed by atoms with Crippen molar-refractivity contribution in [3.05, 3.63) is 48.0 Å². The summed E-state index contributed by atoms with van der Waals surface area (Å²) in [6, 6.07) is 5.71. The summed E-state index contributed by atoms with van der Waals surface area (Å²) in [4.78, 5) is 0.109. The van der Waals surface area contributed by atoms with Crippen LogP contribution in [0.5, 0.6) is 0 Å². The molecule has 21 heavy (non-hydrogen) atoms. The normalized spacial score (nSPS) is 12.0. The Hall–Kier alpha value is -1.44. The zero-order valence-corrected chi connectivity index (χ0v) is 13.0. The second-order valence-electron chi connectivity index (χ2n) is 4.52. The smallest absolute Gasteiger partial charge is 0.246 e. The molecule has 0 fully saturated rings. The molecule has 0 N–H and O–H groups in total. The van der Waals surface area contributed by atoms with Crippen LogP contribution in [-0.2, 0) is 23.1 Å². The van der Waals surface area contributed by atoms with Crippen LogP contribution in [0.25, 0.3) is 0 Å². The van der Waals surface area contributed by atoms with Gasteiger partial charge in [0.25, 0.3) is 0 Å². The molecule has 1 aromatic carbocycles. The minimum Gasteiger partial charge on any atom is -0.270 e. The maximum absolute atomic E-state index is 12.8. The summed E-state index contributed by atoms with van der Waals surface area (Å²) in [5.74, 6) is -0.00123. The highest BCUT2D eigenvalue weighted by molar-refractivity contribution is 7.89. The lowest BCUT2D eigenvalue weighted by Crippen LogP contribution is -2.26. The van der Waals surface area contributed by atoms with Gasteiger partial charge in [-0.15, -0.1) is 11.6 Å². The lowest BCUT2D eigenvalue weighted by molar-refractivity contribution is 0.466. The van der Waals surface area contributed by atoms with Crippen LogP contribution in [0.4, 0.5) is 4.39 Å². The second kappa shape index (κ2) is 6.55. The zero-order chi connectivity index (χ0) is 15.5. The molecule has 0 amide bonds. The summed E-state index contributed by atoms with van der Waals surface area (Å²) in [5, 5.41) is 3.95. The van der Waals surface area contributed by atoms with E-state index in [9.17, 15) is 12.8 Å². The molecule has 2 rings (SSSR count). The number of halogens is 2. The van der Waals surface area contributed by atoms with E-state index in [1.807, 2.05) is 0 Å². The number of aryl methyl sites for hydroxylation is 1. The van der Waals surface area contributed by atoms with Gasteiger partial charge >= 0.3 is 0 Å². The molecule has 0 aliphatic carbocycles. The quantitative estimate of drug-likeness (QED) is 0.762. The van der Waals surface area contributed by atoms with E-state index in [1.165, 1.54) is 40.6 Å². The number of hydrogen-bond acceptors (Lipinski definition) is 3. The van der Waals surface area contributed by atoms with E-state index < -0.39 is 10.0 Å². The molecule has 0 bridgehead atoms.